The Labute approximate surface area is 235 Å². The summed E-state index contributed by atoms with van der Waals surface area (Å²) in [6.45, 7) is 9.16. The van der Waals surface area contributed by atoms with Gasteiger partial charge in [-0.2, -0.15) is 5.01 Å². The molecule has 7 nitrogen and oxygen atoms in total. The first-order valence-electron chi connectivity index (χ1n) is 11.3. The topological polar surface area (TPSA) is 81.8 Å². The fourth-order valence-electron chi connectivity index (χ4n) is 6.19. The Morgan fingerprint density at radius 1 is 0.914 bits per heavy atom. The Hall–Kier alpha value is 0.0100. The number of piperidine rings is 1. The number of carbonyl (C=O) groups excluding carboxylic acids is 3. The highest BCUT2D eigenvalue weighted by Crippen LogP contribution is 2.77. The summed E-state index contributed by atoms with van der Waals surface area (Å²) in [6.07, 6.45) is 1.89. The van der Waals surface area contributed by atoms with Crippen LogP contribution in [0.5, 0.6) is 0 Å². The SMILES string of the molecule is CN1C(C)(C)CC(NCCC(=O)NN2C(=O)C3C(C2=O)C2(Cl)C(Cl)=C(Cl)C3(Cl)C2(Cl)Cl)CC1(C)C. The fraction of sp³-hybridized carbons (Fsp3) is 0.773. The van der Waals surface area contributed by atoms with Crippen LogP contribution in [0.2, 0.25) is 0 Å². The minimum Gasteiger partial charge on any atom is -0.313 e. The van der Waals surface area contributed by atoms with Crippen molar-refractivity contribution in [2.45, 2.75) is 78.2 Å². The number of hydrogen-bond donors (Lipinski definition) is 2. The molecular weight excluding hydrogens is 581 g/mol. The minimum atomic E-state index is -2.01. The fourth-order valence-corrected chi connectivity index (χ4v) is 9.12. The zero-order valence-electron chi connectivity index (χ0n) is 19.9. The van der Waals surface area contributed by atoms with Crippen LogP contribution in [0.15, 0.2) is 10.1 Å². The average molecular weight is 609 g/mol. The molecule has 4 unspecified atom stereocenters. The maximum absolute atomic E-state index is 13.2. The first kappa shape index (κ1) is 28.0. The molecule has 4 aliphatic rings. The van der Waals surface area contributed by atoms with Crippen molar-refractivity contribution in [3.05, 3.63) is 10.1 Å². The van der Waals surface area contributed by atoms with Crippen molar-refractivity contribution in [1.29, 1.82) is 0 Å². The van der Waals surface area contributed by atoms with Crippen molar-refractivity contribution >= 4 is 87.3 Å². The molecule has 0 aromatic carbocycles. The number of fused-ring (bicyclic) bond motifs is 5. The van der Waals surface area contributed by atoms with Crippen LogP contribution in [0, 0.1) is 11.8 Å². The summed E-state index contributed by atoms with van der Waals surface area (Å²) in [7, 11) is 2.12. The third-order valence-electron chi connectivity index (χ3n) is 8.24. The zero-order chi connectivity index (χ0) is 26.5. The number of hydrogen-bond acceptors (Lipinski definition) is 5. The van der Waals surface area contributed by atoms with Crippen molar-refractivity contribution in [3.63, 3.8) is 0 Å². The molecule has 4 atom stereocenters. The number of imide groups is 1. The van der Waals surface area contributed by atoms with E-state index in [4.69, 9.17) is 69.6 Å². The summed E-state index contributed by atoms with van der Waals surface area (Å²) < 4.78 is -2.01. The zero-order valence-corrected chi connectivity index (χ0v) is 24.5. The van der Waals surface area contributed by atoms with E-state index in [1.54, 1.807) is 0 Å². The Balaban J connectivity index is 1.40. The molecule has 0 aromatic rings. The molecule has 0 radical (unpaired) electrons. The van der Waals surface area contributed by atoms with E-state index in [2.05, 4.69) is 50.4 Å². The smallest absolute Gasteiger partial charge is 0.254 e. The van der Waals surface area contributed by atoms with Gasteiger partial charge in [0, 0.05) is 30.1 Å². The quantitative estimate of drug-likeness (QED) is 0.363. The van der Waals surface area contributed by atoms with Gasteiger partial charge in [-0.3, -0.25) is 24.7 Å². The third-order valence-corrected chi connectivity index (χ3v) is 12.5. The molecule has 13 heteroatoms. The third kappa shape index (κ3) is 3.63. The summed E-state index contributed by atoms with van der Waals surface area (Å²) in [5, 5.41) is 3.72. The van der Waals surface area contributed by atoms with E-state index in [1.807, 2.05) is 0 Å². The molecule has 0 aromatic heterocycles. The number of rotatable bonds is 5. The predicted octanol–water partition coefficient (Wildman–Crippen LogP) is 4.10. The monoisotopic (exact) mass is 606 g/mol. The van der Waals surface area contributed by atoms with Crippen LogP contribution >= 0.6 is 69.6 Å². The van der Waals surface area contributed by atoms with Gasteiger partial charge in [0.15, 0.2) is 4.33 Å². The first-order chi connectivity index (χ1) is 15.9. The molecule has 0 spiro atoms. The number of halogens is 6. The van der Waals surface area contributed by atoms with Crippen LogP contribution in [0.3, 0.4) is 0 Å². The molecule has 4 rings (SSSR count). The number of allylic oxidation sites excluding steroid dienone is 2. The molecule has 3 amide bonds. The molecule has 3 fully saturated rings. The number of nitrogens with zero attached hydrogens (tertiary/aromatic N) is 2. The molecule has 2 aliphatic heterocycles. The normalized spacial score (nSPS) is 37.9. The lowest BCUT2D eigenvalue weighted by Crippen LogP contribution is -2.62. The first-order valence-corrected chi connectivity index (χ1v) is 13.6. The molecule has 2 heterocycles. The molecule has 196 valence electrons. The lowest BCUT2D eigenvalue weighted by Gasteiger charge is -2.53. The van der Waals surface area contributed by atoms with Crippen molar-refractivity contribution in [3.8, 4) is 0 Å². The van der Waals surface area contributed by atoms with Crippen LogP contribution in [0.4, 0.5) is 0 Å². The molecule has 2 aliphatic carbocycles. The van der Waals surface area contributed by atoms with E-state index in [0.717, 1.165) is 12.8 Å². The number of amides is 3. The number of hydrazine groups is 1. The Morgan fingerprint density at radius 2 is 1.34 bits per heavy atom. The average Bonchev–Trinajstić information content (AvgIpc) is 3.10. The summed E-state index contributed by atoms with van der Waals surface area (Å²) in [6, 6.07) is 0.220. The van der Waals surface area contributed by atoms with Gasteiger partial charge >= 0.3 is 0 Å². The number of carbonyl (C=O) groups is 3. The maximum atomic E-state index is 13.2. The van der Waals surface area contributed by atoms with E-state index in [0.29, 0.717) is 11.6 Å². The van der Waals surface area contributed by atoms with E-state index < -0.39 is 43.6 Å². The van der Waals surface area contributed by atoms with Crippen LogP contribution in [-0.2, 0) is 14.4 Å². The standard InChI is InChI=1S/C22H28Cl6N4O3/c1-18(2)8-10(9-19(3,4)31(18)5)29-7-6-11(33)30-32-16(34)12-13(17(32)35)21(26)15(24)14(23)20(12,25)22(21,27)28/h10,12-13,29H,6-9H2,1-5H3,(H,30,33). The van der Waals surface area contributed by atoms with Crippen LogP contribution < -0.4 is 10.7 Å². The second-order valence-corrected chi connectivity index (χ2v) is 14.4. The minimum absolute atomic E-state index is 0.00111. The number of likely N-dealkylation sites (tertiary alicyclic amines) is 1. The predicted molar refractivity (Wildman–Crippen MR) is 139 cm³/mol. The lowest BCUT2D eigenvalue weighted by atomic mass is 9.77. The van der Waals surface area contributed by atoms with Gasteiger partial charge in [-0.15, -0.1) is 23.2 Å². The van der Waals surface area contributed by atoms with Gasteiger partial charge in [-0.05, 0) is 47.6 Å². The Morgan fingerprint density at radius 3 is 1.77 bits per heavy atom. The van der Waals surface area contributed by atoms with Crippen molar-refractivity contribution < 1.29 is 14.4 Å². The van der Waals surface area contributed by atoms with Crippen LogP contribution in [0.25, 0.3) is 0 Å². The van der Waals surface area contributed by atoms with Crippen LogP contribution in [0.1, 0.15) is 47.0 Å². The number of nitrogens with one attached hydrogen (secondary N) is 2. The van der Waals surface area contributed by atoms with Crippen molar-refractivity contribution in [1.82, 2.24) is 20.7 Å². The van der Waals surface area contributed by atoms with Gasteiger partial charge in [-0.1, -0.05) is 46.4 Å². The molecular formula is C22H28Cl6N4O3. The Kier molecular flexibility index (Phi) is 6.81. The summed E-state index contributed by atoms with van der Waals surface area (Å²) in [5.74, 6) is -4.64. The van der Waals surface area contributed by atoms with Gasteiger partial charge in [0.2, 0.25) is 5.91 Å². The van der Waals surface area contributed by atoms with Gasteiger partial charge in [0.25, 0.3) is 11.8 Å². The molecule has 2 bridgehead atoms. The van der Waals surface area contributed by atoms with Gasteiger partial charge in [-0.25, -0.2) is 0 Å². The maximum Gasteiger partial charge on any atom is 0.254 e. The molecule has 35 heavy (non-hydrogen) atoms. The van der Waals surface area contributed by atoms with Gasteiger partial charge in [0.1, 0.15) is 9.75 Å². The highest BCUT2D eigenvalue weighted by molar-refractivity contribution is 6.66. The largest absolute Gasteiger partial charge is 0.313 e. The van der Waals surface area contributed by atoms with Gasteiger partial charge in [0.05, 0.1) is 21.9 Å². The highest BCUT2D eigenvalue weighted by atomic mass is 35.5. The van der Waals surface area contributed by atoms with E-state index >= 15 is 0 Å². The lowest BCUT2D eigenvalue weighted by molar-refractivity contribution is -0.149. The molecule has 2 N–H and O–H groups in total. The van der Waals surface area contributed by atoms with Crippen LogP contribution in [-0.4, -0.2) is 72.4 Å². The second kappa shape index (κ2) is 8.51. The van der Waals surface area contributed by atoms with E-state index in [-0.39, 0.29) is 33.6 Å². The highest BCUT2D eigenvalue weighted by Gasteiger charge is 2.87. The Bertz CT molecular complexity index is 969. The van der Waals surface area contributed by atoms with E-state index in [9.17, 15) is 14.4 Å². The number of alkyl halides is 4. The summed E-state index contributed by atoms with van der Waals surface area (Å²) in [5.41, 5.74) is 2.38. The van der Waals surface area contributed by atoms with Crippen molar-refractivity contribution in [2.24, 2.45) is 11.8 Å². The molecule has 2 saturated heterocycles. The van der Waals surface area contributed by atoms with E-state index in [1.165, 1.54) is 0 Å². The molecule has 1 saturated carbocycles. The second-order valence-electron chi connectivity index (χ2n) is 11.1. The summed E-state index contributed by atoms with van der Waals surface area (Å²) in [4.78, 5) is 37.6. The van der Waals surface area contributed by atoms with Crippen molar-refractivity contribution in [2.75, 3.05) is 13.6 Å². The van der Waals surface area contributed by atoms with Gasteiger partial charge < -0.3 is 5.32 Å². The summed E-state index contributed by atoms with van der Waals surface area (Å²) >= 11 is 38.8.